The number of hydrogen-bond acceptors (Lipinski definition) is 8. The first-order chi connectivity index (χ1) is 16.7. The number of hydrogen-bond donors (Lipinski definition) is 0. The molecule has 1 heterocycles. The monoisotopic (exact) mass is 496 g/mol. The molecule has 2 aliphatic carbocycles. The summed E-state index contributed by atoms with van der Waals surface area (Å²) in [6.07, 6.45) is 5.93. The number of non-ortho nitro benzene ring substituents is 1. The van der Waals surface area contributed by atoms with Gasteiger partial charge in [0.1, 0.15) is 6.61 Å². The molecular formula is C23H17ClN4O7. The van der Waals surface area contributed by atoms with Gasteiger partial charge in [0.15, 0.2) is 0 Å². The number of hydrazone groups is 1. The van der Waals surface area contributed by atoms with Gasteiger partial charge in [-0.3, -0.25) is 29.8 Å². The first-order valence-corrected chi connectivity index (χ1v) is 11.1. The third kappa shape index (κ3) is 3.93. The highest BCUT2D eigenvalue weighted by Crippen LogP contribution is 2.52. The molecule has 12 heteroatoms. The first kappa shape index (κ1) is 22.7. The summed E-state index contributed by atoms with van der Waals surface area (Å²) in [7, 11) is 0. The molecule has 4 atom stereocenters. The van der Waals surface area contributed by atoms with Gasteiger partial charge in [-0.15, -0.1) is 0 Å². The molecule has 2 aromatic rings. The second kappa shape index (κ2) is 8.58. The van der Waals surface area contributed by atoms with Crippen molar-refractivity contribution in [3.63, 3.8) is 0 Å². The van der Waals surface area contributed by atoms with Crippen molar-refractivity contribution < 1.29 is 24.2 Å². The molecule has 1 saturated heterocycles. The fourth-order valence-electron chi connectivity index (χ4n) is 4.95. The van der Waals surface area contributed by atoms with E-state index < -0.39 is 27.4 Å². The van der Waals surface area contributed by atoms with Crippen molar-refractivity contribution in [3.05, 3.63) is 84.9 Å². The van der Waals surface area contributed by atoms with Gasteiger partial charge in [0.05, 0.1) is 32.9 Å². The maximum Gasteiger partial charge on any atom is 0.313 e. The molecule has 0 unspecified atom stereocenters. The standard InChI is InChI=1S/C23H17ClN4O7/c24-17-7-13(10-25-26-22(29)19-14-3-4-15(9-14)20(19)23(26)30)8-18(28(33)34)21(17)35-11-12-1-5-16(6-2-12)27(31)32/h1-8,10,14-15,19-20H,9,11H2/t14-,15-,19-,20+/m0/s1. The lowest BCUT2D eigenvalue weighted by Gasteiger charge is -2.13. The number of carbonyl (C=O) groups is 2. The summed E-state index contributed by atoms with van der Waals surface area (Å²) in [5.74, 6) is -1.62. The summed E-state index contributed by atoms with van der Waals surface area (Å²) >= 11 is 6.25. The number of carbonyl (C=O) groups excluding carboxylic acids is 2. The van der Waals surface area contributed by atoms with Gasteiger partial charge in [0, 0.05) is 23.8 Å². The first-order valence-electron chi connectivity index (χ1n) is 10.7. The minimum atomic E-state index is -0.672. The summed E-state index contributed by atoms with van der Waals surface area (Å²) in [4.78, 5) is 46.7. The van der Waals surface area contributed by atoms with Crippen LogP contribution in [0.4, 0.5) is 11.4 Å². The largest absolute Gasteiger partial charge is 0.481 e. The number of rotatable bonds is 7. The van der Waals surface area contributed by atoms with Gasteiger partial charge in [-0.25, -0.2) is 0 Å². The number of fused-ring (bicyclic) bond motifs is 5. The van der Waals surface area contributed by atoms with Crippen molar-refractivity contribution in [2.75, 3.05) is 0 Å². The van der Waals surface area contributed by atoms with E-state index in [2.05, 4.69) is 5.10 Å². The van der Waals surface area contributed by atoms with E-state index in [9.17, 15) is 29.8 Å². The van der Waals surface area contributed by atoms with Gasteiger partial charge in [0.25, 0.3) is 17.5 Å². The van der Waals surface area contributed by atoms with Crippen LogP contribution in [0.3, 0.4) is 0 Å². The smallest absolute Gasteiger partial charge is 0.313 e. The number of benzene rings is 2. The highest BCUT2D eigenvalue weighted by Gasteiger charge is 2.59. The molecule has 2 bridgehead atoms. The Balaban J connectivity index is 1.34. The Morgan fingerprint density at radius 2 is 1.66 bits per heavy atom. The highest BCUT2D eigenvalue weighted by atomic mass is 35.5. The number of amides is 2. The summed E-state index contributed by atoms with van der Waals surface area (Å²) in [5, 5.41) is 27.2. The van der Waals surface area contributed by atoms with E-state index in [1.165, 1.54) is 42.6 Å². The lowest BCUT2D eigenvalue weighted by Crippen LogP contribution is -2.28. The second-order valence-corrected chi connectivity index (χ2v) is 8.96. The predicted octanol–water partition coefficient (Wildman–Crippen LogP) is 3.88. The number of imide groups is 1. The molecule has 2 amide bonds. The molecule has 178 valence electrons. The van der Waals surface area contributed by atoms with Crippen LogP contribution in [0.25, 0.3) is 0 Å². The molecule has 2 aromatic carbocycles. The van der Waals surface area contributed by atoms with Crippen molar-refractivity contribution in [2.24, 2.45) is 28.8 Å². The van der Waals surface area contributed by atoms with Crippen molar-refractivity contribution in [3.8, 4) is 5.75 Å². The summed E-state index contributed by atoms with van der Waals surface area (Å²) < 4.78 is 5.55. The molecule has 0 aromatic heterocycles. The topological polar surface area (TPSA) is 145 Å². The minimum Gasteiger partial charge on any atom is -0.481 e. The van der Waals surface area contributed by atoms with Gasteiger partial charge < -0.3 is 4.74 Å². The molecule has 1 aliphatic heterocycles. The number of allylic oxidation sites excluding steroid dienone is 2. The van der Waals surface area contributed by atoms with Crippen molar-refractivity contribution in [2.45, 2.75) is 13.0 Å². The van der Waals surface area contributed by atoms with Crippen molar-refractivity contribution in [1.29, 1.82) is 0 Å². The zero-order valence-corrected chi connectivity index (χ0v) is 18.7. The van der Waals surface area contributed by atoms with Crippen LogP contribution in [0.1, 0.15) is 17.5 Å². The molecular weight excluding hydrogens is 480 g/mol. The molecule has 11 nitrogen and oxygen atoms in total. The molecule has 5 rings (SSSR count). The molecule has 0 N–H and O–H groups in total. The molecule has 2 fully saturated rings. The van der Waals surface area contributed by atoms with Gasteiger partial charge in [0.2, 0.25) is 5.75 Å². The minimum absolute atomic E-state index is 0.0457. The Kier molecular flexibility index (Phi) is 5.56. The van der Waals surface area contributed by atoms with E-state index in [4.69, 9.17) is 16.3 Å². The summed E-state index contributed by atoms with van der Waals surface area (Å²) in [5.41, 5.74) is 0.234. The number of nitro groups is 2. The fourth-order valence-corrected chi connectivity index (χ4v) is 5.22. The van der Waals surface area contributed by atoms with Crippen LogP contribution < -0.4 is 4.74 Å². The number of halogens is 1. The van der Waals surface area contributed by atoms with Gasteiger partial charge in [-0.2, -0.15) is 10.1 Å². The van der Waals surface area contributed by atoms with E-state index in [1.54, 1.807) is 0 Å². The average Bonchev–Trinajstić information content (AvgIpc) is 3.51. The second-order valence-electron chi connectivity index (χ2n) is 8.55. The molecule has 35 heavy (non-hydrogen) atoms. The van der Waals surface area contributed by atoms with Crippen LogP contribution in [0, 0.1) is 43.9 Å². The van der Waals surface area contributed by atoms with Gasteiger partial charge in [-0.05, 0) is 42.0 Å². The number of nitrogens with zero attached hydrogens (tertiary/aromatic N) is 4. The lowest BCUT2D eigenvalue weighted by molar-refractivity contribution is -0.386. The van der Waals surface area contributed by atoms with Gasteiger partial charge >= 0.3 is 5.69 Å². The van der Waals surface area contributed by atoms with E-state index in [0.29, 0.717) is 5.56 Å². The maximum atomic E-state index is 12.7. The van der Waals surface area contributed by atoms with Crippen LogP contribution in [0.2, 0.25) is 5.02 Å². The van der Waals surface area contributed by atoms with Crippen LogP contribution in [0.5, 0.6) is 5.75 Å². The van der Waals surface area contributed by atoms with Crippen molar-refractivity contribution in [1.82, 2.24) is 5.01 Å². The SMILES string of the molecule is O=C1[C@@H]2[C@H](C(=O)N1N=Cc1cc(Cl)c(OCc3ccc([N+](=O)[O-])cc3)c([N+](=O)[O-])c1)[C@H]1C=C[C@H]2C1. The summed E-state index contributed by atoms with van der Waals surface area (Å²) in [6.45, 7) is -0.109. The Morgan fingerprint density at radius 1 is 1.03 bits per heavy atom. The Labute approximate surface area is 202 Å². The van der Waals surface area contributed by atoms with Crippen LogP contribution in [-0.2, 0) is 16.2 Å². The van der Waals surface area contributed by atoms with Crippen molar-refractivity contribution >= 4 is 41.0 Å². The van der Waals surface area contributed by atoms with E-state index in [-0.39, 0.29) is 52.3 Å². The zero-order valence-electron chi connectivity index (χ0n) is 17.9. The molecule has 0 spiro atoms. The third-order valence-corrected chi connectivity index (χ3v) is 6.82. The molecule has 0 radical (unpaired) electrons. The van der Waals surface area contributed by atoms with Gasteiger partial charge in [-0.1, -0.05) is 23.8 Å². The molecule has 1 saturated carbocycles. The predicted molar refractivity (Wildman–Crippen MR) is 123 cm³/mol. The normalized spacial score (nSPS) is 24.4. The highest BCUT2D eigenvalue weighted by molar-refractivity contribution is 6.32. The third-order valence-electron chi connectivity index (χ3n) is 6.54. The number of ether oxygens (including phenoxy) is 1. The fraction of sp³-hybridized carbons (Fsp3) is 0.261. The van der Waals surface area contributed by atoms with Crippen LogP contribution in [0.15, 0.2) is 53.7 Å². The Morgan fingerprint density at radius 3 is 2.23 bits per heavy atom. The van der Waals surface area contributed by atoms with E-state index in [0.717, 1.165) is 11.4 Å². The average molecular weight is 497 g/mol. The van der Waals surface area contributed by atoms with Crippen LogP contribution >= 0.6 is 11.6 Å². The van der Waals surface area contributed by atoms with E-state index in [1.807, 2.05) is 12.2 Å². The zero-order chi connectivity index (χ0) is 24.9. The molecule has 3 aliphatic rings. The Hall–Kier alpha value is -4.12. The lowest BCUT2D eigenvalue weighted by atomic mass is 9.85. The van der Waals surface area contributed by atoms with E-state index >= 15 is 0 Å². The maximum absolute atomic E-state index is 12.7. The number of nitro benzene ring substituents is 2. The summed E-state index contributed by atoms with van der Waals surface area (Å²) in [6, 6.07) is 8.09. The quantitative estimate of drug-likeness (QED) is 0.186. The Bertz CT molecular complexity index is 1290. The van der Waals surface area contributed by atoms with Crippen LogP contribution in [-0.4, -0.2) is 32.9 Å².